The fraction of sp³-hybridized carbons (Fsp3) is 0.474. The van der Waals surface area contributed by atoms with Gasteiger partial charge in [0, 0.05) is 56.8 Å². The Bertz CT molecular complexity index is 653. The molecular formula is C19H26N4O2. The van der Waals surface area contributed by atoms with E-state index in [-0.39, 0.29) is 12.6 Å². The van der Waals surface area contributed by atoms with Crippen LogP contribution in [-0.4, -0.2) is 58.9 Å². The molecule has 6 nitrogen and oxygen atoms in total. The Kier molecular flexibility index (Phi) is 6.19. The third kappa shape index (κ3) is 4.46. The molecule has 1 fully saturated rings. The topological polar surface area (TPSA) is 61.7 Å². The predicted octanol–water partition coefficient (Wildman–Crippen LogP) is 1.95. The lowest BCUT2D eigenvalue weighted by atomic mass is 10.1. The second-order valence-corrected chi connectivity index (χ2v) is 6.19. The first-order chi connectivity index (χ1) is 12.3. The monoisotopic (exact) mass is 342 g/mol. The molecule has 0 aliphatic carbocycles. The number of piperazine rings is 1. The molecule has 1 aromatic heterocycles. The largest absolute Gasteiger partial charge is 0.494 e. The Labute approximate surface area is 149 Å². The SMILES string of the molecule is CCOc1ccccc1CN1CCN(c2cnccn2)C[C@@H]1CCO. The second-order valence-electron chi connectivity index (χ2n) is 6.19. The summed E-state index contributed by atoms with van der Waals surface area (Å²) in [6.45, 7) is 6.34. The number of rotatable bonds is 7. The van der Waals surface area contributed by atoms with E-state index in [1.165, 1.54) is 5.56 Å². The van der Waals surface area contributed by atoms with Gasteiger partial charge in [-0.25, -0.2) is 4.98 Å². The smallest absolute Gasteiger partial charge is 0.147 e. The molecule has 0 unspecified atom stereocenters. The molecular weight excluding hydrogens is 316 g/mol. The number of aliphatic hydroxyl groups excluding tert-OH is 1. The van der Waals surface area contributed by atoms with Gasteiger partial charge in [-0.05, 0) is 19.4 Å². The molecule has 134 valence electrons. The molecule has 0 radical (unpaired) electrons. The third-order valence-electron chi connectivity index (χ3n) is 4.59. The van der Waals surface area contributed by atoms with Gasteiger partial charge in [-0.15, -0.1) is 0 Å². The van der Waals surface area contributed by atoms with E-state index in [0.717, 1.165) is 44.2 Å². The molecule has 1 saturated heterocycles. The van der Waals surface area contributed by atoms with Gasteiger partial charge in [-0.1, -0.05) is 18.2 Å². The van der Waals surface area contributed by atoms with Crippen molar-refractivity contribution in [1.29, 1.82) is 0 Å². The normalized spacial score (nSPS) is 18.3. The van der Waals surface area contributed by atoms with Crippen molar-refractivity contribution >= 4 is 5.82 Å². The molecule has 0 spiro atoms. The van der Waals surface area contributed by atoms with E-state index in [2.05, 4.69) is 31.9 Å². The van der Waals surface area contributed by atoms with Crippen LogP contribution < -0.4 is 9.64 Å². The van der Waals surface area contributed by atoms with Crippen LogP contribution in [0.15, 0.2) is 42.9 Å². The Hall–Kier alpha value is -2.18. The summed E-state index contributed by atoms with van der Waals surface area (Å²) in [5.41, 5.74) is 1.19. The average Bonchev–Trinajstić information content (AvgIpc) is 2.66. The van der Waals surface area contributed by atoms with E-state index < -0.39 is 0 Å². The molecule has 1 aliphatic rings. The van der Waals surface area contributed by atoms with E-state index in [4.69, 9.17) is 4.74 Å². The van der Waals surface area contributed by atoms with Crippen LogP contribution >= 0.6 is 0 Å². The maximum absolute atomic E-state index is 9.50. The Morgan fingerprint density at radius 1 is 1.24 bits per heavy atom. The molecule has 0 amide bonds. The summed E-state index contributed by atoms with van der Waals surface area (Å²) in [6, 6.07) is 8.47. The quantitative estimate of drug-likeness (QED) is 0.830. The van der Waals surface area contributed by atoms with Gasteiger partial charge in [0.05, 0.1) is 12.8 Å². The molecule has 3 rings (SSSR count). The summed E-state index contributed by atoms with van der Waals surface area (Å²) in [5.74, 6) is 1.85. The van der Waals surface area contributed by atoms with E-state index in [1.54, 1.807) is 18.6 Å². The molecule has 2 heterocycles. The minimum atomic E-state index is 0.183. The summed E-state index contributed by atoms with van der Waals surface area (Å²) >= 11 is 0. The van der Waals surface area contributed by atoms with Gasteiger partial charge in [-0.3, -0.25) is 9.88 Å². The summed E-state index contributed by atoms with van der Waals surface area (Å²) < 4.78 is 5.76. The standard InChI is InChI=1S/C19H26N4O2/c1-2-25-18-6-4-3-5-16(18)14-22-10-11-23(15-17(22)7-12-24)19-13-20-8-9-21-19/h3-6,8-9,13,17,24H,2,7,10-12,14-15H2,1H3/t17-/m0/s1. The van der Waals surface area contributed by atoms with Crippen molar-refractivity contribution in [2.45, 2.75) is 25.9 Å². The van der Waals surface area contributed by atoms with E-state index in [1.807, 2.05) is 19.1 Å². The first kappa shape index (κ1) is 17.6. The van der Waals surface area contributed by atoms with Crippen LogP contribution in [0.25, 0.3) is 0 Å². The third-order valence-corrected chi connectivity index (χ3v) is 4.59. The van der Waals surface area contributed by atoms with Gasteiger partial charge in [0.25, 0.3) is 0 Å². The van der Waals surface area contributed by atoms with E-state index >= 15 is 0 Å². The molecule has 1 N–H and O–H groups in total. The highest BCUT2D eigenvalue weighted by atomic mass is 16.5. The maximum atomic E-state index is 9.50. The lowest BCUT2D eigenvalue weighted by Gasteiger charge is -2.42. The van der Waals surface area contributed by atoms with Crippen molar-refractivity contribution in [2.24, 2.45) is 0 Å². The van der Waals surface area contributed by atoms with Crippen LogP contribution in [0, 0.1) is 0 Å². The number of aromatic nitrogens is 2. The Morgan fingerprint density at radius 3 is 2.88 bits per heavy atom. The van der Waals surface area contributed by atoms with Crippen LogP contribution in [0.1, 0.15) is 18.9 Å². The van der Waals surface area contributed by atoms with Crippen molar-refractivity contribution in [1.82, 2.24) is 14.9 Å². The van der Waals surface area contributed by atoms with Gasteiger partial charge in [-0.2, -0.15) is 0 Å². The summed E-state index contributed by atoms with van der Waals surface area (Å²) in [6.07, 6.45) is 5.96. The molecule has 0 bridgehead atoms. The van der Waals surface area contributed by atoms with Crippen molar-refractivity contribution in [3.8, 4) is 5.75 Å². The zero-order valence-electron chi connectivity index (χ0n) is 14.7. The minimum absolute atomic E-state index is 0.183. The second kappa shape index (κ2) is 8.78. The van der Waals surface area contributed by atoms with Crippen LogP contribution in [0.2, 0.25) is 0 Å². The van der Waals surface area contributed by atoms with Crippen molar-refractivity contribution in [3.05, 3.63) is 48.4 Å². The number of anilines is 1. The predicted molar refractivity (Wildman–Crippen MR) is 97.8 cm³/mol. The summed E-state index contributed by atoms with van der Waals surface area (Å²) in [5, 5.41) is 9.50. The molecule has 1 aliphatic heterocycles. The summed E-state index contributed by atoms with van der Waals surface area (Å²) in [4.78, 5) is 13.3. The van der Waals surface area contributed by atoms with Crippen LogP contribution in [0.5, 0.6) is 5.75 Å². The minimum Gasteiger partial charge on any atom is -0.494 e. The lowest BCUT2D eigenvalue weighted by molar-refractivity contribution is 0.134. The fourth-order valence-electron chi connectivity index (χ4n) is 3.34. The number of ether oxygens (including phenoxy) is 1. The molecule has 1 aromatic carbocycles. The van der Waals surface area contributed by atoms with Gasteiger partial charge in [0.2, 0.25) is 0 Å². The molecule has 1 atom stereocenters. The number of nitrogens with zero attached hydrogens (tertiary/aromatic N) is 4. The molecule has 2 aromatic rings. The number of para-hydroxylation sites is 1. The highest BCUT2D eigenvalue weighted by Crippen LogP contribution is 2.24. The molecule has 0 saturated carbocycles. The van der Waals surface area contributed by atoms with Gasteiger partial charge >= 0.3 is 0 Å². The maximum Gasteiger partial charge on any atom is 0.147 e. The highest BCUT2D eigenvalue weighted by molar-refractivity contribution is 5.37. The van der Waals surface area contributed by atoms with Crippen LogP contribution in [0.4, 0.5) is 5.82 Å². The van der Waals surface area contributed by atoms with Gasteiger partial charge in [0.1, 0.15) is 11.6 Å². The number of aliphatic hydroxyl groups is 1. The van der Waals surface area contributed by atoms with Crippen molar-refractivity contribution in [2.75, 3.05) is 37.7 Å². The Morgan fingerprint density at radius 2 is 2.12 bits per heavy atom. The highest BCUT2D eigenvalue weighted by Gasteiger charge is 2.28. The first-order valence-electron chi connectivity index (χ1n) is 8.88. The average molecular weight is 342 g/mol. The number of hydrogen-bond acceptors (Lipinski definition) is 6. The van der Waals surface area contributed by atoms with Crippen LogP contribution in [0.3, 0.4) is 0 Å². The molecule has 6 heteroatoms. The lowest BCUT2D eigenvalue weighted by Crippen LogP contribution is -2.53. The first-order valence-corrected chi connectivity index (χ1v) is 8.88. The molecule has 25 heavy (non-hydrogen) atoms. The van der Waals surface area contributed by atoms with E-state index in [9.17, 15) is 5.11 Å². The van der Waals surface area contributed by atoms with Crippen molar-refractivity contribution in [3.63, 3.8) is 0 Å². The zero-order chi connectivity index (χ0) is 17.5. The zero-order valence-corrected chi connectivity index (χ0v) is 14.7. The number of hydrogen-bond donors (Lipinski definition) is 1. The van der Waals surface area contributed by atoms with E-state index in [0.29, 0.717) is 6.61 Å². The summed E-state index contributed by atoms with van der Waals surface area (Å²) in [7, 11) is 0. The Balaban J connectivity index is 1.71. The number of benzene rings is 1. The van der Waals surface area contributed by atoms with Gasteiger partial charge in [0.15, 0.2) is 0 Å². The van der Waals surface area contributed by atoms with Gasteiger partial charge < -0.3 is 14.7 Å². The fourth-order valence-corrected chi connectivity index (χ4v) is 3.34. The van der Waals surface area contributed by atoms with Crippen molar-refractivity contribution < 1.29 is 9.84 Å². The van der Waals surface area contributed by atoms with Crippen LogP contribution in [-0.2, 0) is 6.54 Å².